The molecule has 0 amide bonds. The first-order valence-corrected chi connectivity index (χ1v) is 11.2. The Morgan fingerprint density at radius 1 is 0.931 bits per heavy atom. The Kier molecular flexibility index (Phi) is 6.54. The molecule has 0 aromatic heterocycles. The molecule has 0 bridgehead atoms. The second-order valence-electron chi connectivity index (χ2n) is 6.83. The van der Waals surface area contributed by atoms with Crippen LogP contribution in [-0.4, -0.2) is 18.1 Å². The lowest BCUT2D eigenvalue weighted by atomic mass is 9.92. The number of benzene rings is 3. The fourth-order valence-electron chi connectivity index (χ4n) is 3.39. The minimum absolute atomic E-state index is 0.283. The van der Waals surface area contributed by atoms with Crippen molar-refractivity contribution in [2.45, 2.75) is 31.1 Å². The predicted molar refractivity (Wildman–Crippen MR) is 117 cm³/mol. The third-order valence-electron chi connectivity index (χ3n) is 4.87. The predicted octanol–water partition coefficient (Wildman–Crippen LogP) is 6.10. The van der Waals surface area contributed by atoms with E-state index in [9.17, 15) is 18.1 Å². The molecule has 0 spiro atoms. The Balaban J connectivity index is 2.05. The van der Waals surface area contributed by atoms with Crippen molar-refractivity contribution in [1.82, 2.24) is 0 Å². The van der Waals surface area contributed by atoms with E-state index in [2.05, 4.69) is 0 Å². The van der Waals surface area contributed by atoms with Crippen LogP contribution in [0.25, 0.3) is 11.1 Å². The summed E-state index contributed by atoms with van der Waals surface area (Å²) in [6.45, 7) is 1.81. The molecule has 7 heteroatoms. The SMILES string of the molecule is Cc1c(CCCc2ccccc2)cc(S(=O)(=O)O)c(O)c1-c1ccc(Cl)c(Cl)c1. The highest BCUT2D eigenvalue weighted by Crippen LogP contribution is 2.41. The number of rotatable bonds is 6. The molecule has 0 fully saturated rings. The molecular weight excluding hydrogens is 431 g/mol. The summed E-state index contributed by atoms with van der Waals surface area (Å²) < 4.78 is 33.4. The highest BCUT2D eigenvalue weighted by Gasteiger charge is 2.23. The van der Waals surface area contributed by atoms with Crippen LogP contribution in [0.15, 0.2) is 59.5 Å². The molecule has 3 rings (SSSR count). The molecule has 4 nitrogen and oxygen atoms in total. The summed E-state index contributed by atoms with van der Waals surface area (Å²) in [5, 5.41) is 11.3. The van der Waals surface area contributed by atoms with E-state index in [1.165, 1.54) is 11.6 Å². The summed E-state index contributed by atoms with van der Waals surface area (Å²) in [6, 6.07) is 16.1. The van der Waals surface area contributed by atoms with Crippen LogP contribution in [0.4, 0.5) is 0 Å². The number of hydrogen-bond acceptors (Lipinski definition) is 3. The van der Waals surface area contributed by atoms with Crippen molar-refractivity contribution in [3.05, 3.63) is 81.3 Å². The van der Waals surface area contributed by atoms with Gasteiger partial charge in [-0.05, 0) is 66.6 Å². The van der Waals surface area contributed by atoms with Crippen molar-refractivity contribution in [2.75, 3.05) is 0 Å². The number of hydrogen-bond donors (Lipinski definition) is 2. The van der Waals surface area contributed by atoms with Crippen LogP contribution in [0.2, 0.25) is 10.0 Å². The highest BCUT2D eigenvalue weighted by atomic mass is 35.5. The van der Waals surface area contributed by atoms with Gasteiger partial charge in [0, 0.05) is 5.56 Å². The smallest absolute Gasteiger partial charge is 0.298 e. The first-order chi connectivity index (χ1) is 13.7. The largest absolute Gasteiger partial charge is 0.506 e. The number of phenolic OH excluding ortho intramolecular Hbond substituents is 1. The van der Waals surface area contributed by atoms with Gasteiger partial charge < -0.3 is 5.11 Å². The van der Waals surface area contributed by atoms with E-state index in [0.29, 0.717) is 22.6 Å². The fraction of sp³-hybridized carbons (Fsp3) is 0.182. The minimum atomic E-state index is -4.61. The van der Waals surface area contributed by atoms with Crippen LogP contribution < -0.4 is 0 Å². The molecule has 0 heterocycles. The van der Waals surface area contributed by atoms with Gasteiger partial charge in [-0.1, -0.05) is 59.6 Å². The maximum atomic E-state index is 11.9. The molecule has 0 aliphatic heterocycles. The van der Waals surface area contributed by atoms with E-state index in [0.717, 1.165) is 24.0 Å². The molecule has 3 aromatic carbocycles. The summed E-state index contributed by atoms with van der Waals surface area (Å²) in [6.07, 6.45) is 2.18. The van der Waals surface area contributed by atoms with Crippen molar-refractivity contribution in [2.24, 2.45) is 0 Å². The maximum absolute atomic E-state index is 11.9. The van der Waals surface area contributed by atoms with Gasteiger partial charge in [0.1, 0.15) is 10.6 Å². The van der Waals surface area contributed by atoms with Gasteiger partial charge in [-0.25, -0.2) is 0 Å². The molecule has 0 aliphatic rings. The Hall–Kier alpha value is -2.05. The molecule has 152 valence electrons. The topological polar surface area (TPSA) is 74.6 Å². The van der Waals surface area contributed by atoms with Crippen LogP contribution in [0.3, 0.4) is 0 Å². The molecule has 29 heavy (non-hydrogen) atoms. The second-order valence-corrected chi connectivity index (χ2v) is 9.03. The molecule has 2 N–H and O–H groups in total. The lowest BCUT2D eigenvalue weighted by Crippen LogP contribution is -2.04. The third kappa shape index (κ3) is 4.93. The zero-order valence-electron chi connectivity index (χ0n) is 15.7. The molecule has 0 unspecified atom stereocenters. The molecule has 0 saturated heterocycles. The monoisotopic (exact) mass is 450 g/mol. The molecule has 0 atom stereocenters. The average Bonchev–Trinajstić information content (AvgIpc) is 2.66. The summed E-state index contributed by atoms with van der Waals surface area (Å²) in [5.74, 6) is -0.504. The van der Waals surface area contributed by atoms with Crippen molar-refractivity contribution < 1.29 is 18.1 Å². The molecule has 0 saturated carbocycles. The molecule has 0 radical (unpaired) electrons. The van der Waals surface area contributed by atoms with Crippen LogP contribution in [-0.2, 0) is 23.0 Å². The zero-order chi connectivity index (χ0) is 21.2. The highest BCUT2D eigenvalue weighted by molar-refractivity contribution is 7.86. The van der Waals surface area contributed by atoms with Crippen LogP contribution in [0.1, 0.15) is 23.1 Å². The van der Waals surface area contributed by atoms with Gasteiger partial charge in [0.2, 0.25) is 0 Å². The standard InChI is InChI=1S/C22H20Cl2O4S/c1-14-16(9-5-8-15-6-3-2-4-7-15)13-20(29(26,27)28)22(25)21(14)17-10-11-18(23)19(24)12-17/h2-4,6-7,10-13,25H,5,8-9H2,1H3,(H,26,27,28). The van der Waals surface area contributed by atoms with Crippen molar-refractivity contribution >= 4 is 33.3 Å². The summed E-state index contributed by atoms with van der Waals surface area (Å²) in [5.41, 5.74) is 3.47. The first kappa shape index (κ1) is 21.7. The number of halogens is 2. The molecule has 0 aliphatic carbocycles. The van der Waals surface area contributed by atoms with E-state index >= 15 is 0 Å². The van der Waals surface area contributed by atoms with Crippen LogP contribution >= 0.6 is 23.2 Å². The van der Waals surface area contributed by atoms with E-state index in [1.54, 1.807) is 18.2 Å². The summed E-state index contributed by atoms with van der Waals surface area (Å²) in [4.78, 5) is -0.515. The zero-order valence-corrected chi connectivity index (χ0v) is 18.0. The van der Waals surface area contributed by atoms with Gasteiger partial charge in [-0.15, -0.1) is 0 Å². The van der Waals surface area contributed by atoms with Gasteiger partial charge in [0.15, 0.2) is 0 Å². The third-order valence-corrected chi connectivity index (χ3v) is 6.48. The van der Waals surface area contributed by atoms with E-state index in [4.69, 9.17) is 23.2 Å². The van der Waals surface area contributed by atoms with Gasteiger partial charge in [0.25, 0.3) is 10.1 Å². The van der Waals surface area contributed by atoms with E-state index < -0.39 is 20.8 Å². The summed E-state index contributed by atoms with van der Waals surface area (Å²) >= 11 is 12.1. The first-order valence-electron chi connectivity index (χ1n) is 9.00. The van der Waals surface area contributed by atoms with Gasteiger partial charge in [0.05, 0.1) is 10.0 Å². The molecule has 3 aromatic rings. The number of aromatic hydroxyl groups is 1. The Bertz CT molecular complexity index is 1140. The summed E-state index contributed by atoms with van der Waals surface area (Å²) in [7, 11) is -4.61. The Morgan fingerprint density at radius 3 is 2.24 bits per heavy atom. The number of aryl methyl sites for hydroxylation is 2. The van der Waals surface area contributed by atoms with Gasteiger partial charge >= 0.3 is 0 Å². The quantitative estimate of drug-likeness (QED) is 0.445. The van der Waals surface area contributed by atoms with Crippen LogP contribution in [0.5, 0.6) is 5.75 Å². The number of phenols is 1. The minimum Gasteiger partial charge on any atom is -0.506 e. The van der Waals surface area contributed by atoms with Crippen molar-refractivity contribution in [3.8, 4) is 16.9 Å². The van der Waals surface area contributed by atoms with Crippen molar-refractivity contribution in [3.63, 3.8) is 0 Å². The maximum Gasteiger partial charge on any atom is 0.298 e. The lowest BCUT2D eigenvalue weighted by molar-refractivity contribution is 0.444. The second kappa shape index (κ2) is 8.76. The Morgan fingerprint density at radius 2 is 1.62 bits per heavy atom. The lowest BCUT2D eigenvalue weighted by Gasteiger charge is -2.17. The van der Waals surface area contributed by atoms with E-state index in [1.807, 2.05) is 37.3 Å². The van der Waals surface area contributed by atoms with Gasteiger partial charge in [-0.2, -0.15) is 8.42 Å². The molecular formula is C22H20Cl2O4S. The Labute approximate surface area is 180 Å². The normalized spacial score (nSPS) is 11.6. The van der Waals surface area contributed by atoms with Crippen molar-refractivity contribution in [1.29, 1.82) is 0 Å². The average molecular weight is 451 g/mol. The van der Waals surface area contributed by atoms with E-state index in [-0.39, 0.29) is 5.02 Å². The van der Waals surface area contributed by atoms with Crippen LogP contribution in [0, 0.1) is 6.92 Å². The van der Waals surface area contributed by atoms with Gasteiger partial charge in [-0.3, -0.25) is 4.55 Å². The fourth-order valence-corrected chi connectivity index (χ4v) is 4.32.